The first-order chi connectivity index (χ1) is 6.89. The maximum atomic E-state index is 11.4. The van der Waals surface area contributed by atoms with Gasteiger partial charge in [0.25, 0.3) is 0 Å². The molecule has 0 aliphatic heterocycles. The predicted octanol–water partition coefficient (Wildman–Crippen LogP) is 1.31. The van der Waals surface area contributed by atoms with Crippen LogP contribution in [0.3, 0.4) is 0 Å². The quantitative estimate of drug-likeness (QED) is 0.473. The number of hydrogen-bond acceptors (Lipinski definition) is 4. The molecular weight excluding hydrogens is 196 g/mol. The van der Waals surface area contributed by atoms with Crippen molar-refractivity contribution in [1.29, 1.82) is 0 Å². The molecule has 86 valence electrons. The molecule has 4 heteroatoms. The van der Waals surface area contributed by atoms with Crippen LogP contribution in [0.4, 0.5) is 0 Å². The number of ether oxygens (including phenoxy) is 1. The van der Waals surface area contributed by atoms with Gasteiger partial charge in [-0.05, 0) is 27.2 Å². The molecule has 0 aliphatic carbocycles. The molecule has 0 aromatic carbocycles. The minimum absolute atomic E-state index is 0.245. The van der Waals surface area contributed by atoms with Gasteiger partial charge in [-0.3, -0.25) is 14.4 Å². The summed E-state index contributed by atoms with van der Waals surface area (Å²) in [4.78, 5) is 34.1. The summed E-state index contributed by atoms with van der Waals surface area (Å²) < 4.78 is 5.21. The first-order valence-corrected chi connectivity index (χ1v) is 5.06. The standard InChI is InChI=1S/C11H18O4/c1-5-6-7-15-11(8(2)12,9(3)13)10(4)14/h5-7H2,1-4H3. The Morgan fingerprint density at radius 3 is 1.67 bits per heavy atom. The molecule has 0 aliphatic rings. The third-order valence-corrected chi connectivity index (χ3v) is 2.30. The molecule has 0 radical (unpaired) electrons. The van der Waals surface area contributed by atoms with Gasteiger partial charge >= 0.3 is 0 Å². The van der Waals surface area contributed by atoms with Crippen molar-refractivity contribution in [2.75, 3.05) is 6.61 Å². The molecule has 0 spiro atoms. The van der Waals surface area contributed by atoms with Crippen LogP contribution in [0.2, 0.25) is 0 Å². The maximum Gasteiger partial charge on any atom is 0.241 e. The number of carbonyl (C=O) groups excluding carboxylic acids is 3. The largest absolute Gasteiger partial charge is 0.353 e. The highest BCUT2D eigenvalue weighted by Gasteiger charge is 2.46. The summed E-state index contributed by atoms with van der Waals surface area (Å²) in [6.45, 7) is 5.81. The fraction of sp³-hybridized carbons (Fsp3) is 0.727. The first-order valence-electron chi connectivity index (χ1n) is 5.06. The van der Waals surface area contributed by atoms with Crippen molar-refractivity contribution >= 4 is 17.3 Å². The van der Waals surface area contributed by atoms with Crippen molar-refractivity contribution in [2.24, 2.45) is 0 Å². The number of ketones is 3. The highest BCUT2D eigenvalue weighted by molar-refractivity contribution is 6.26. The Kier molecular flexibility index (Phi) is 5.36. The number of hydrogen-bond donors (Lipinski definition) is 0. The summed E-state index contributed by atoms with van der Waals surface area (Å²) in [6, 6.07) is 0. The van der Waals surface area contributed by atoms with Gasteiger partial charge in [-0.1, -0.05) is 13.3 Å². The maximum absolute atomic E-state index is 11.4. The van der Waals surface area contributed by atoms with Gasteiger partial charge in [0.1, 0.15) is 0 Å². The van der Waals surface area contributed by atoms with Crippen molar-refractivity contribution in [1.82, 2.24) is 0 Å². The molecule has 0 saturated heterocycles. The van der Waals surface area contributed by atoms with E-state index in [9.17, 15) is 14.4 Å². The number of rotatable bonds is 7. The molecule has 4 nitrogen and oxygen atoms in total. The van der Waals surface area contributed by atoms with Gasteiger partial charge in [-0.25, -0.2) is 0 Å². The predicted molar refractivity (Wildman–Crippen MR) is 55.6 cm³/mol. The van der Waals surface area contributed by atoms with Gasteiger partial charge in [0.2, 0.25) is 5.60 Å². The molecule has 0 amide bonds. The summed E-state index contributed by atoms with van der Waals surface area (Å²) in [5, 5.41) is 0. The van der Waals surface area contributed by atoms with Crippen LogP contribution in [0.5, 0.6) is 0 Å². The average molecular weight is 214 g/mol. The van der Waals surface area contributed by atoms with Crippen molar-refractivity contribution in [3.63, 3.8) is 0 Å². The lowest BCUT2D eigenvalue weighted by atomic mass is 9.90. The molecular formula is C11H18O4. The SMILES string of the molecule is CCCCOC(C(C)=O)(C(C)=O)C(C)=O. The van der Waals surface area contributed by atoms with E-state index >= 15 is 0 Å². The zero-order valence-corrected chi connectivity index (χ0v) is 9.75. The third-order valence-electron chi connectivity index (χ3n) is 2.30. The Labute approximate surface area is 90.0 Å². The van der Waals surface area contributed by atoms with Crippen molar-refractivity contribution in [2.45, 2.75) is 46.1 Å². The fourth-order valence-electron chi connectivity index (χ4n) is 1.42. The van der Waals surface area contributed by atoms with Gasteiger partial charge < -0.3 is 4.74 Å². The lowest BCUT2D eigenvalue weighted by Gasteiger charge is -2.25. The second-order valence-electron chi connectivity index (χ2n) is 3.55. The van der Waals surface area contributed by atoms with Crippen LogP contribution in [-0.2, 0) is 19.1 Å². The van der Waals surface area contributed by atoms with E-state index in [4.69, 9.17) is 4.74 Å². The molecule has 0 aromatic heterocycles. The van der Waals surface area contributed by atoms with Crippen LogP contribution >= 0.6 is 0 Å². The Morgan fingerprint density at radius 2 is 1.40 bits per heavy atom. The van der Waals surface area contributed by atoms with E-state index in [1.165, 1.54) is 20.8 Å². The lowest BCUT2D eigenvalue weighted by molar-refractivity contribution is -0.163. The summed E-state index contributed by atoms with van der Waals surface area (Å²) in [6.07, 6.45) is 1.60. The fourth-order valence-corrected chi connectivity index (χ4v) is 1.42. The van der Waals surface area contributed by atoms with Crippen molar-refractivity contribution < 1.29 is 19.1 Å². The number of Topliss-reactive ketones (excluding diaryl/α,β-unsaturated/α-hetero) is 3. The molecule has 0 N–H and O–H groups in total. The van der Waals surface area contributed by atoms with E-state index in [-0.39, 0.29) is 6.61 Å². The molecule has 0 bridgehead atoms. The number of carbonyl (C=O) groups is 3. The molecule has 0 unspecified atom stereocenters. The normalized spacial score (nSPS) is 11.2. The average Bonchev–Trinajstić information content (AvgIpc) is 2.10. The van der Waals surface area contributed by atoms with Crippen LogP contribution in [0, 0.1) is 0 Å². The summed E-state index contributed by atoms with van der Waals surface area (Å²) >= 11 is 0. The van der Waals surface area contributed by atoms with Crippen LogP contribution in [0.1, 0.15) is 40.5 Å². The zero-order chi connectivity index (χ0) is 12.1. The summed E-state index contributed by atoms with van der Waals surface area (Å²) in [5.41, 5.74) is -1.87. The third kappa shape index (κ3) is 2.96. The van der Waals surface area contributed by atoms with Crippen LogP contribution < -0.4 is 0 Å². The Morgan fingerprint density at radius 1 is 1.00 bits per heavy atom. The summed E-state index contributed by atoms with van der Waals surface area (Å²) in [7, 11) is 0. The highest BCUT2D eigenvalue weighted by Crippen LogP contribution is 2.17. The number of unbranched alkanes of at least 4 members (excludes halogenated alkanes) is 1. The Balaban J connectivity index is 4.90. The van der Waals surface area contributed by atoms with E-state index in [1.54, 1.807) is 0 Å². The van der Waals surface area contributed by atoms with Gasteiger partial charge in [-0.15, -0.1) is 0 Å². The molecule has 0 atom stereocenters. The first kappa shape index (κ1) is 14.0. The smallest absolute Gasteiger partial charge is 0.241 e. The van der Waals surface area contributed by atoms with Crippen LogP contribution in [-0.4, -0.2) is 29.6 Å². The van der Waals surface area contributed by atoms with Gasteiger partial charge in [0.15, 0.2) is 17.3 Å². The summed E-state index contributed by atoms with van der Waals surface area (Å²) in [5.74, 6) is -1.63. The zero-order valence-electron chi connectivity index (χ0n) is 9.75. The molecule has 15 heavy (non-hydrogen) atoms. The monoisotopic (exact) mass is 214 g/mol. The molecule has 0 heterocycles. The van der Waals surface area contributed by atoms with E-state index in [0.717, 1.165) is 12.8 Å². The molecule has 0 saturated carbocycles. The van der Waals surface area contributed by atoms with E-state index < -0.39 is 23.0 Å². The molecule has 0 aromatic rings. The van der Waals surface area contributed by atoms with Crippen LogP contribution in [0.15, 0.2) is 0 Å². The second kappa shape index (κ2) is 5.75. The minimum atomic E-state index is -1.87. The van der Waals surface area contributed by atoms with E-state index in [1.807, 2.05) is 6.92 Å². The van der Waals surface area contributed by atoms with Crippen LogP contribution in [0.25, 0.3) is 0 Å². The molecule has 0 rings (SSSR count). The topological polar surface area (TPSA) is 60.4 Å². The van der Waals surface area contributed by atoms with E-state index in [2.05, 4.69) is 0 Å². The highest BCUT2D eigenvalue weighted by atomic mass is 16.5. The van der Waals surface area contributed by atoms with Gasteiger partial charge in [0.05, 0.1) is 0 Å². The molecule has 0 fully saturated rings. The van der Waals surface area contributed by atoms with Crippen molar-refractivity contribution in [3.8, 4) is 0 Å². The van der Waals surface area contributed by atoms with Crippen molar-refractivity contribution in [3.05, 3.63) is 0 Å². The van der Waals surface area contributed by atoms with Gasteiger partial charge in [-0.2, -0.15) is 0 Å². The van der Waals surface area contributed by atoms with E-state index in [0.29, 0.717) is 0 Å². The Hall–Kier alpha value is -1.03. The van der Waals surface area contributed by atoms with Gasteiger partial charge in [0, 0.05) is 6.61 Å². The minimum Gasteiger partial charge on any atom is -0.353 e. The lowest BCUT2D eigenvalue weighted by Crippen LogP contribution is -2.53. The second-order valence-corrected chi connectivity index (χ2v) is 3.55. The Bertz CT molecular complexity index is 232.